The maximum Gasteiger partial charge on any atom is 0.225 e. The summed E-state index contributed by atoms with van der Waals surface area (Å²) in [6.07, 6.45) is 3.83. The number of halogens is 1. The van der Waals surface area contributed by atoms with Crippen molar-refractivity contribution in [1.82, 2.24) is 25.4 Å². The number of anilines is 1. The van der Waals surface area contributed by atoms with Gasteiger partial charge in [0.2, 0.25) is 5.91 Å². The van der Waals surface area contributed by atoms with E-state index in [0.29, 0.717) is 25.5 Å². The molecule has 3 N–H and O–H groups in total. The molecule has 0 radical (unpaired) electrons. The molecule has 2 aliphatic heterocycles. The molecule has 1 aromatic heterocycles. The zero-order valence-electron chi connectivity index (χ0n) is 15.9. The minimum Gasteiger partial charge on any atom is -0.356 e. The molecule has 0 bridgehead atoms. The molecule has 0 saturated carbocycles. The Balaban J connectivity index is 0.00000225. The van der Waals surface area contributed by atoms with Crippen molar-refractivity contribution >= 4 is 41.5 Å². The van der Waals surface area contributed by atoms with Crippen molar-refractivity contribution in [1.29, 1.82) is 0 Å². The monoisotopic (exact) mass is 495 g/mol. The van der Waals surface area contributed by atoms with Crippen LogP contribution in [0.1, 0.15) is 42.4 Å². The number of aryl methyl sites for hydroxylation is 1. The van der Waals surface area contributed by atoms with Gasteiger partial charge in [0, 0.05) is 44.6 Å². The number of nitrogens with one attached hydrogen (secondary N) is 3. The maximum atomic E-state index is 12.0. The lowest BCUT2D eigenvalue weighted by Crippen LogP contribution is -2.40. The molecule has 28 heavy (non-hydrogen) atoms. The van der Waals surface area contributed by atoms with Crippen LogP contribution in [-0.2, 0) is 24.3 Å². The largest absolute Gasteiger partial charge is 0.356 e. The first-order valence-electron chi connectivity index (χ1n) is 9.49. The molecular weight excluding hydrogens is 469 g/mol. The molecule has 2 aliphatic rings. The lowest BCUT2D eigenvalue weighted by atomic mass is 9.90. The molecule has 1 amide bonds. The SMILES string of the molecule is CN=C(NCc1nnc2n1CCCC2)NCC1CC(=O)Nc2ccccc21.I. The summed E-state index contributed by atoms with van der Waals surface area (Å²) >= 11 is 0. The first kappa shape index (κ1) is 20.6. The van der Waals surface area contributed by atoms with Gasteiger partial charge in [0.05, 0.1) is 6.54 Å². The van der Waals surface area contributed by atoms with Gasteiger partial charge in [0.15, 0.2) is 11.8 Å². The van der Waals surface area contributed by atoms with Crippen molar-refractivity contribution in [3.63, 3.8) is 0 Å². The Hall–Kier alpha value is -2.17. The molecule has 8 nitrogen and oxygen atoms in total. The van der Waals surface area contributed by atoms with Crippen LogP contribution < -0.4 is 16.0 Å². The fourth-order valence-corrected chi connectivity index (χ4v) is 3.79. The average Bonchev–Trinajstić information content (AvgIpc) is 3.11. The van der Waals surface area contributed by atoms with Crippen LogP contribution in [0.4, 0.5) is 5.69 Å². The highest BCUT2D eigenvalue weighted by Crippen LogP contribution is 2.31. The summed E-state index contributed by atoms with van der Waals surface area (Å²) in [5.41, 5.74) is 2.06. The van der Waals surface area contributed by atoms with Crippen molar-refractivity contribution in [3.8, 4) is 0 Å². The van der Waals surface area contributed by atoms with Crippen molar-refractivity contribution in [2.45, 2.75) is 44.7 Å². The predicted molar refractivity (Wildman–Crippen MR) is 119 cm³/mol. The molecule has 4 rings (SSSR count). The second-order valence-electron chi connectivity index (χ2n) is 6.98. The molecule has 9 heteroatoms. The quantitative estimate of drug-likeness (QED) is 0.343. The molecule has 2 aromatic rings. The Labute approximate surface area is 181 Å². The topological polar surface area (TPSA) is 96.2 Å². The Bertz CT molecular complexity index is 864. The number of amides is 1. The van der Waals surface area contributed by atoms with E-state index in [1.165, 1.54) is 12.8 Å². The number of hydrogen-bond donors (Lipinski definition) is 3. The Morgan fingerprint density at radius 1 is 1.29 bits per heavy atom. The molecule has 1 atom stereocenters. The van der Waals surface area contributed by atoms with Crippen LogP contribution in [0.3, 0.4) is 0 Å². The first-order chi connectivity index (χ1) is 13.2. The third-order valence-corrected chi connectivity index (χ3v) is 5.20. The van der Waals surface area contributed by atoms with E-state index in [0.717, 1.165) is 35.9 Å². The number of fused-ring (bicyclic) bond motifs is 2. The summed E-state index contributed by atoms with van der Waals surface area (Å²) in [6, 6.07) is 7.96. The zero-order chi connectivity index (χ0) is 18.6. The third-order valence-electron chi connectivity index (χ3n) is 5.20. The fourth-order valence-electron chi connectivity index (χ4n) is 3.79. The highest BCUT2D eigenvalue weighted by molar-refractivity contribution is 14.0. The van der Waals surface area contributed by atoms with Crippen molar-refractivity contribution in [2.75, 3.05) is 18.9 Å². The minimum atomic E-state index is 0. The third kappa shape index (κ3) is 4.45. The van der Waals surface area contributed by atoms with Crippen molar-refractivity contribution in [2.24, 2.45) is 4.99 Å². The van der Waals surface area contributed by atoms with E-state index in [1.54, 1.807) is 7.05 Å². The number of carbonyl (C=O) groups is 1. The van der Waals surface area contributed by atoms with Gasteiger partial charge in [-0.2, -0.15) is 0 Å². The highest BCUT2D eigenvalue weighted by atomic mass is 127. The molecule has 1 unspecified atom stereocenters. The van der Waals surface area contributed by atoms with E-state index in [9.17, 15) is 4.79 Å². The predicted octanol–water partition coefficient (Wildman–Crippen LogP) is 2.02. The van der Waals surface area contributed by atoms with E-state index in [4.69, 9.17) is 0 Å². The van der Waals surface area contributed by atoms with Crippen LogP contribution in [0.2, 0.25) is 0 Å². The number of hydrogen-bond acceptors (Lipinski definition) is 4. The summed E-state index contributed by atoms with van der Waals surface area (Å²) in [4.78, 5) is 16.3. The number of benzene rings is 1. The van der Waals surface area contributed by atoms with Crippen LogP contribution in [0.5, 0.6) is 0 Å². The van der Waals surface area contributed by atoms with Gasteiger partial charge in [-0.15, -0.1) is 34.2 Å². The van der Waals surface area contributed by atoms with Gasteiger partial charge >= 0.3 is 0 Å². The lowest BCUT2D eigenvalue weighted by Gasteiger charge is -2.26. The van der Waals surface area contributed by atoms with Crippen LogP contribution in [0, 0.1) is 0 Å². The number of aromatic nitrogens is 3. The van der Waals surface area contributed by atoms with Crippen LogP contribution in [0.15, 0.2) is 29.3 Å². The number of carbonyl (C=O) groups excluding carboxylic acids is 1. The van der Waals surface area contributed by atoms with Gasteiger partial charge in [-0.25, -0.2) is 0 Å². The van der Waals surface area contributed by atoms with Crippen molar-refractivity contribution < 1.29 is 4.79 Å². The number of guanidine groups is 1. The normalized spacial score (nSPS) is 18.4. The number of para-hydroxylation sites is 1. The molecule has 0 fully saturated rings. The van der Waals surface area contributed by atoms with Gasteiger partial charge in [-0.05, 0) is 24.5 Å². The Morgan fingerprint density at radius 2 is 2.14 bits per heavy atom. The van der Waals surface area contributed by atoms with E-state index in [2.05, 4.69) is 41.8 Å². The minimum absolute atomic E-state index is 0. The van der Waals surface area contributed by atoms with Gasteiger partial charge < -0.3 is 20.5 Å². The standard InChI is InChI=1S/C19H25N7O.HI/c1-20-19(22-12-17-25-24-16-8-4-5-9-26(16)17)21-11-13-10-18(27)23-15-7-3-2-6-14(13)15;/h2-3,6-7,13H,4-5,8-12H2,1H3,(H,23,27)(H2,20,21,22);1H. The summed E-state index contributed by atoms with van der Waals surface area (Å²) < 4.78 is 2.20. The second-order valence-corrected chi connectivity index (χ2v) is 6.98. The van der Waals surface area contributed by atoms with Gasteiger partial charge in [-0.3, -0.25) is 9.79 Å². The molecule has 0 saturated heterocycles. The van der Waals surface area contributed by atoms with Crippen molar-refractivity contribution in [3.05, 3.63) is 41.5 Å². The summed E-state index contributed by atoms with van der Waals surface area (Å²) in [5.74, 6) is 2.89. The van der Waals surface area contributed by atoms with Crippen LogP contribution in [-0.4, -0.2) is 40.2 Å². The van der Waals surface area contributed by atoms with Gasteiger partial charge in [0.1, 0.15) is 5.82 Å². The maximum absolute atomic E-state index is 12.0. The number of nitrogens with zero attached hydrogens (tertiary/aromatic N) is 4. The van der Waals surface area contributed by atoms with Gasteiger partial charge in [0.25, 0.3) is 0 Å². The van der Waals surface area contributed by atoms with E-state index >= 15 is 0 Å². The Morgan fingerprint density at radius 3 is 3.00 bits per heavy atom. The summed E-state index contributed by atoms with van der Waals surface area (Å²) in [5, 5.41) is 18.2. The molecule has 1 aromatic carbocycles. The fraction of sp³-hybridized carbons (Fsp3) is 0.474. The lowest BCUT2D eigenvalue weighted by molar-refractivity contribution is -0.116. The van der Waals surface area contributed by atoms with Crippen LogP contribution in [0.25, 0.3) is 0 Å². The average molecular weight is 495 g/mol. The smallest absolute Gasteiger partial charge is 0.225 e. The van der Waals surface area contributed by atoms with Crippen LogP contribution >= 0.6 is 24.0 Å². The van der Waals surface area contributed by atoms with E-state index in [1.807, 2.05) is 18.2 Å². The van der Waals surface area contributed by atoms with E-state index in [-0.39, 0.29) is 35.8 Å². The Kier molecular flexibility index (Phi) is 6.87. The summed E-state index contributed by atoms with van der Waals surface area (Å²) in [6.45, 7) is 2.20. The van der Waals surface area contributed by atoms with E-state index < -0.39 is 0 Å². The number of aliphatic imine (C=N–C) groups is 1. The molecule has 3 heterocycles. The first-order valence-corrected chi connectivity index (χ1v) is 9.49. The molecule has 0 aliphatic carbocycles. The second kappa shape index (κ2) is 9.35. The molecular formula is C19H26IN7O. The molecule has 0 spiro atoms. The highest BCUT2D eigenvalue weighted by Gasteiger charge is 2.24. The summed E-state index contributed by atoms with van der Waals surface area (Å²) in [7, 11) is 1.75. The number of rotatable bonds is 4. The zero-order valence-corrected chi connectivity index (χ0v) is 18.3. The molecule has 150 valence electrons. The van der Waals surface area contributed by atoms with Gasteiger partial charge in [-0.1, -0.05) is 18.2 Å².